The molecule has 1 aliphatic heterocycles. The average Bonchev–Trinajstić information content (AvgIpc) is 2.58. The van der Waals surface area contributed by atoms with Crippen LogP contribution in [0.5, 0.6) is 0 Å². The highest BCUT2D eigenvalue weighted by atomic mass is 35.5. The fourth-order valence-corrected chi connectivity index (χ4v) is 5.02. The van der Waals surface area contributed by atoms with Crippen LogP contribution in [0.1, 0.15) is 37.6 Å². The van der Waals surface area contributed by atoms with Gasteiger partial charge in [-0.25, -0.2) is 8.42 Å². The van der Waals surface area contributed by atoms with Gasteiger partial charge in [0.25, 0.3) is 5.91 Å². The molecule has 1 heterocycles. The van der Waals surface area contributed by atoms with E-state index in [1.165, 1.54) is 6.07 Å². The second kappa shape index (κ2) is 10.3. The van der Waals surface area contributed by atoms with Crippen LogP contribution in [-0.2, 0) is 10.0 Å². The predicted octanol–water partition coefficient (Wildman–Crippen LogP) is 2.11. The van der Waals surface area contributed by atoms with Gasteiger partial charge in [-0.3, -0.25) is 4.79 Å². The number of carbonyl (C=O) groups excluding carboxylic acids is 1. The highest BCUT2D eigenvalue weighted by molar-refractivity contribution is 7.89. The summed E-state index contributed by atoms with van der Waals surface area (Å²) in [6.07, 6.45) is 1.04. The number of nitrogens with zero attached hydrogens (tertiary/aromatic N) is 1. The van der Waals surface area contributed by atoms with Crippen LogP contribution in [0.2, 0.25) is 0 Å². The number of amides is 1. The maximum Gasteiger partial charge on any atom is 0.251 e. The molecule has 6 nitrogen and oxygen atoms in total. The monoisotopic (exact) mass is 403 g/mol. The summed E-state index contributed by atoms with van der Waals surface area (Å²) in [6, 6.07) is 6.31. The summed E-state index contributed by atoms with van der Waals surface area (Å²) in [6.45, 7) is 9.25. The smallest absolute Gasteiger partial charge is 0.251 e. The zero-order chi connectivity index (χ0) is 18.4. The van der Waals surface area contributed by atoms with Gasteiger partial charge in [0.15, 0.2) is 0 Å². The molecular weight excluding hydrogens is 374 g/mol. The molecular formula is C18H30ClN3O3S. The van der Waals surface area contributed by atoms with E-state index in [1.54, 1.807) is 22.5 Å². The number of likely N-dealkylation sites (N-methyl/N-ethyl adjacent to an activating group) is 1. The number of hydrogen-bond acceptors (Lipinski definition) is 4. The maximum absolute atomic E-state index is 12.9. The van der Waals surface area contributed by atoms with Crippen LogP contribution in [0.15, 0.2) is 29.2 Å². The third-order valence-electron chi connectivity index (χ3n) is 4.41. The highest BCUT2D eigenvalue weighted by Crippen LogP contribution is 2.26. The van der Waals surface area contributed by atoms with E-state index in [-0.39, 0.29) is 23.2 Å². The SMILES string of the molecule is CCNCCNC(=O)c1cccc(S(=O)(=O)N2CC(C)CC(C)C2)c1.Cl. The van der Waals surface area contributed by atoms with Crippen LogP contribution in [0.3, 0.4) is 0 Å². The van der Waals surface area contributed by atoms with Crippen molar-refractivity contribution in [1.29, 1.82) is 0 Å². The van der Waals surface area contributed by atoms with E-state index in [0.717, 1.165) is 13.0 Å². The van der Waals surface area contributed by atoms with Crippen LogP contribution >= 0.6 is 12.4 Å². The molecule has 0 spiro atoms. The summed E-state index contributed by atoms with van der Waals surface area (Å²) < 4.78 is 27.4. The number of piperidine rings is 1. The van der Waals surface area contributed by atoms with Gasteiger partial charge in [-0.15, -0.1) is 12.4 Å². The zero-order valence-electron chi connectivity index (χ0n) is 15.7. The van der Waals surface area contributed by atoms with Gasteiger partial charge in [0.1, 0.15) is 0 Å². The van der Waals surface area contributed by atoms with E-state index < -0.39 is 10.0 Å². The van der Waals surface area contributed by atoms with Crippen molar-refractivity contribution >= 4 is 28.3 Å². The zero-order valence-corrected chi connectivity index (χ0v) is 17.3. The number of halogens is 1. The van der Waals surface area contributed by atoms with Crippen molar-refractivity contribution in [3.63, 3.8) is 0 Å². The van der Waals surface area contributed by atoms with Gasteiger partial charge in [0, 0.05) is 31.7 Å². The first kappa shape index (κ1) is 22.9. The lowest BCUT2D eigenvalue weighted by atomic mass is 9.94. The fourth-order valence-electron chi connectivity index (χ4n) is 3.29. The number of nitrogens with one attached hydrogen (secondary N) is 2. The van der Waals surface area contributed by atoms with E-state index in [4.69, 9.17) is 0 Å². The van der Waals surface area contributed by atoms with E-state index >= 15 is 0 Å². The average molecular weight is 404 g/mol. The Morgan fingerprint density at radius 2 is 1.85 bits per heavy atom. The predicted molar refractivity (Wildman–Crippen MR) is 106 cm³/mol. The van der Waals surface area contributed by atoms with Crippen LogP contribution in [0.25, 0.3) is 0 Å². The minimum atomic E-state index is -3.57. The molecule has 0 aliphatic carbocycles. The molecule has 1 aliphatic rings. The Kier molecular flexibility index (Phi) is 9.03. The molecule has 2 atom stereocenters. The van der Waals surface area contributed by atoms with Crippen LogP contribution in [-0.4, -0.2) is 51.4 Å². The van der Waals surface area contributed by atoms with Crippen molar-refractivity contribution in [1.82, 2.24) is 14.9 Å². The molecule has 26 heavy (non-hydrogen) atoms. The second-order valence-electron chi connectivity index (χ2n) is 6.91. The van der Waals surface area contributed by atoms with Gasteiger partial charge >= 0.3 is 0 Å². The van der Waals surface area contributed by atoms with Gasteiger partial charge < -0.3 is 10.6 Å². The van der Waals surface area contributed by atoms with Crippen LogP contribution in [0, 0.1) is 11.8 Å². The van der Waals surface area contributed by atoms with Crippen molar-refractivity contribution in [2.45, 2.75) is 32.1 Å². The third-order valence-corrected chi connectivity index (χ3v) is 6.23. The lowest BCUT2D eigenvalue weighted by Crippen LogP contribution is -2.42. The molecule has 8 heteroatoms. The van der Waals surface area contributed by atoms with Crippen molar-refractivity contribution < 1.29 is 13.2 Å². The largest absolute Gasteiger partial charge is 0.351 e. The number of hydrogen-bond donors (Lipinski definition) is 2. The molecule has 2 unspecified atom stereocenters. The molecule has 148 valence electrons. The summed E-state index contributed by atoms with van der Waals surface area (Å²) in [4.78, 5) is 12.4. The molecule has 1 saturated heterocycles. The summed E-state index contributed by atoms with van der Waals surface area (Å²) in [5.74, 6) is 0.433. The van der Waals surface area contributed by atoms with E-state index in [2.05, 4.69) is 24.5 Å². The number of benzene rings is 1. The van der Waals surface area contributed by atoms with Gasteiger partial charge in [-0.2, -0.15) is 4.31 Å². The van der Waals surface area contributed by atoms with Gasteiger partial charge in [-0.05, 0) is 43.0 Å². The number of rotatable bonds is 7. The van der Waals surface area contributed by atoms with E-state index in [1.807, 2.05) is 6.92 Å². The highest BCUT2D eigenvalue weighted by Gasteiger charge is 2.31. The topological polar surface area (TPSA) is 78.5 Å². The Morgan fingerprint density at radius 1 is 1.19 bits per heavy atom. The summed E-state index contributed by atoms with van der Waals surface area (Å²) in [5, 5.41) is 5.92. The first-order chi connectivity index (χ1) is 11.8. The molecule has 1 aromatic rings. The van der Waals surface area contributed by atoms with E-state index in [0.29, 0.717) is 43.6 Å². The molecule has 0 aromatic heterocycles. The van der Waals surface area contributed by atoms with Crippen LogP contribution in [0.4, 0.5) is 0 Å². The second-order valence-corrected chi connectivity index (χ2v) is 8.84. The van der Waals surface area contributed by atoms with Gasteiger partial charge in [0.2, 0.25) is 10.0 Å². The standard InChI is InChI=1S/C18H29N3O3S.ClH/c1-4-19-8-9-20-18(22)16-6-5-7-17(11-16)25(23,24)21-12-14(2)10-15(3)13-21;/h5-7,11,14-15,19H,4,8-10,12-13H2,1-3H3,(H,20,22);1H. The lowest BCUT2D eigenvalue weighted by molar-refractivity contribution is 0.0953. The summed E-state index contributed by atoms with van der Waals surface area (Å²) >= 11 is 0. The first-order valence-corrected chi connectivity index (χ1v) is 10.4. The van der Waals surface area contributed by atoms with E-state index in [9.17, 15) is 13.2 Å². The molecule has 0 saturated carbocycles. The minimum absolute atomic E-state index is 0. The molecule has 2 rings (SSSR count). The number of sulfonamides is 1. The fraction of sp³-hybridized carbons (Fsp3) is 0.611. The quantitative estimate of drug-likeness (QED) is 0.683. The first-order valence-electron chi connectivity index (χ1n) is 8.93. The van der Waals surface area contributed by atoms with Gasteiger partial charge in [-0.1, -0.05) is 26.8 Å². The van der Waals surface area contributed by atoms with Crippen molar-refractivity contribution in [3.05, 3.63) is 29.8 Å². The Balaban J connectivity index is 0.00000338. The Bertz CT molecular complexity index is 687. The third kappa shape index (κ3) is 5.94. The molecule has 1 amide bonds. The normalized spacial score (nSPS) is 21.0. The lowest BCUT2D eigenvalue weighted by Gasteiger charge is -2.34. The number of carbonyl (C=O) groups is 1. The summed E-state index contributed by atoms with van der Waals surface area (Å²) in [5.41, 5.74) is 0.371. The van der Waals surface area contributed by atoms with Crippen molar-refractivity contribution in [3.8, 4) is 0 Å². The molecule has 0 bridgehead atoms. The van der Waals surface area contributed by atoms with Crippen molar-refractivity contribution in [2.24, 2.45) is 11.8 Å². The Labute approximate surface area is 163 Å². The maximum atomic E-state index is 12.9. The molecule has 1 fully saturated rings. The van der Waals surface area contributed by atoms with Crippen LogP contribution < -0.4 is 10.6 Å². The Morgan fingerprint density at radius 3 is 2.46 bits per heavy atom. The molecule has 1 aromatic carbocycles. The minimum Gasteiger partial charge on any atom is -0.351 e. The Hall–Kier alpha value is -1.15. The van der Waals surface area contributed by atoms with Crippen molar-refractivity contribution in [2.75, 3.05) is 32.7 Å². The molecule has 0 radical (unpaired) electrons. The summed E-state index contributed by atoms with van der Waals surface area (Å²) in [7, 11) is -3.57. The van der Waals surface area contributed by atoms with Gasteiger partial charge in [0.05, 0.1) is 4.90 Å². The molecule has 2 N–H and O–H groups in total.